The minimum absolute atomic E-state index is 0.00723. The van der Waals surface area contributed by atoms with Crippen LogP contribution in [0.25, 0.3) is 0 Å². The number of carbonyl (C=O) groups is 3. The first-order chi connectivity index (χ1) is 15.0. The summed E-state index contributed by atoms with van der Waals surface area (Å²) in [6.07, 6.45) is 5.57. The Kier molecular flexibility index (Phi) is 9.99. The predicted molar refractivity (Wildman–Crippen MR) is 122 cm³/mol. The van der Waals surface area contributed by atoms with Gasteiger partial charge in [-0.15, -0.1) is 10.2 Å². The molecule has 1 aromatic rings. The van der Waals surface area contributed by atoms with E-state index in [9.17, 15) is 14.4 Å². The van der Waals surface area contributed by atoms with E-state index in [4.69, 9.17) is 9.15 Å². The number of Topliss-reactive ketones (excluding diaryl/α,β-unsaturated/α-hetero) is 1. The van der Waals surface area contributed by atoms with Gasteiger partial charge in [0.05, 0.1) is 0 Å². The molecule has 10 heteroatoms. The molecule has 180 valence electrons. The van der Waals surface area contributed by atoms with Crippen molar-refractivity contribution in [2.24, 2.45) is 5.92 Å². The van der Waals surface area contributed by atoms with Crippen molar-refractivity contribution < 1.29 is 23.5 Å². The highest BCUT2D eigenvalue weighted by Crippen LogP contribution is 2.20. The molecule has 1 N–H and O–H groups in total. The van der Waals surface area contributed by atoms with Gasteiger partial charge < -0.3 is 14.5 Å². The van der Waals surface area contributed by atoms with Crippen LogP contribution in [0.5, 0.6) is 0 Å². The molecule has 9 nitrogen and oxygen atoms in total. The van der Waals surface area contributed by atoms with Crippen LogP contribution < -0.4 is 5.32 Å². The second kappa shape index (κ2) is 12.2. The van der Waals surface area contributed by atoms with Crippen molar-refractivity contribution in [3.8, 4) is 0 Å². The number of imide groups is 1. The van der Waals surface area contributed by atoms with Gasteiger partial charge in [-0.25, -0.2) is 14.5 Å². The van der Waals surface area contributed by atoms with Gasteiger partial charge in [0.15, 0.2) is 0 Å². The number of urea groups is 1. The molecule has 0 aliphatic heterocycles. The number of nitrogens with one attached hydrogen (secondary N) is 1. The van der Waals surface area contributed by atoms with Crippen LogP contribution in [-0.4, -0.2) is 56.9 Å². The molecule has 0 unspecified atom stereocenters. The van der Waals surface area contributed by atoms with Gasteiger partial charge in [-0.05, 0) is 46.0 Å². The normalized spacial score (nSPS) is 14.9. The van der Waals surface area contributed by atoms with E-state index in [1.807, 2.05) is 13.8 Å². The van der Waals surface area contributed by atoms with Crippen molar-refractivity contribution in [2.75, 3.05) is 12.3 Å². The van der Waals surface area contributed by atoms with E-state index < -0.39 is 17.7 Å². The maximum Gasteiger partial charge on any atom is 0.418 e. The lowest BCUT2D eigenvalue weighted by Crippen LogP contribution is -2.50. The molecule has 1 heterocycles. The SMILES string of the molecule is CC(C)CCC(=O)c1nnc(SCCN(C(=O)NC2CCCCC2)C(=O)OC(C)(C)C)o1. The molecule has 0 spiro atoms. The number of amides is 3. The van der Waals surface area contributed by atoms with Gasteiger partial charge in [0.2, 0.25) is 5.78 Å². The van der Waals surface area contributed by atoms with Gasteiger partial charge in [-0.2, -0.15) is 0 Å². The van der Waals surface area contributed by atoms with Gasteiger partial charge in [0.1, 0.15) is 5.60 Å². The highest BCUT2D eigenvalue weighted by atomic mass is 32.2. The Morgan fingerprint density at radius 2 is 1.88 bits per heavy atom. The minimum atomic E-state index is -0.717. The molecule has 0 radical (unpaired) electrons. The summed E-state index contributed by atoms with van der Waals surface area (Å²) in [4.78, 5) is 38.7. The summed E-state index contributed by atoms with van der Waals surface area (Å²) >= 11 is 1.19. The molecule has 1 saturated carbocycles. The lowest BCUT2D eigenvalue weighted by molar-refractivity contribution is 0.0327. The molecule has 0 atom stereocenters. The van der Waals surface area contributed by atoms with E-state index in [0.29, 0.717) is 18.1 Å². The van der Waals surface area contributed by atoms with Crippen LogP contribution in [0.1, 0.15) is 90.2 Å². The largest absolute Gasteiger partial charge is 0.443 e. The van der Waals surface area contributed by atoms with E-state index in [-0.39, 0.29) is 29.5 Å². The topological polar surface area (TPSA) is 115 Å². The Morgan fingerprint density at radius 3 is 2.50 bits per heavy atom. The van der Waals surface area contributed by atoms with E-state index in [1.54, 1.807) is 20.8 Å². The number of thioether (sulfide) groups is 1. The highest BCUT2D eigenvalue weighted by Gasteiger charge is 2.29. The first kappa shape index (κ1) is 26.2. The first-order valence-corrected chi connectivity index (χ1v) is 12.3. The Morgan fingerprint density at radius 1 is 1.19 bits per heavy atom. The predicted octanol–water partition coefficient (Wildman–Crippen LogP) is 5.06. The fraction of sp³-hybridized carbons (Fsp3) is 0.773. The number of carbonyl (C=O) groups excluding carboxylic acids is 3. The van der Waals surface area contributed by atoms with Crippen molar-refractivity contribution in [2.45, 2.75) is 96.4 Å². The standard InChI is InChI=1S/C22H36N4O5S/c1-15(2)11-12-17(27)18-24-25-20(30-18)32-14-13-26(21(29)31-22(3,4)5)19(28)23-16-9-7-6-8-10-16/h15-16H,6-14H2,1-5H3,(H,23,28). The van der Waals surface area contributed by atoms with Crippen LogP contribution in [0.3, 0.4) is 0 Å². The van der Waals surface area contributed by atoms with Crippen LogP contribution >= 0.6 is 11.8 Å². The van der Waals surface area contributed by atoms with Gasteiger partial charge in [0, 0.05) is 24.8 Å². The van der Waals surface area contributed by atoms with Crippen molar-refractivity contribution in [3.05, 3.63) is 5.89 Å². The molecule has 0 aromatic carbocycles. The number of nitrogens with zero attached hydrogens (tertiary/aromatic N) is 3. The molecule has 0 saturated heterocycles. The minimum Gasteiger partial charge on any atom is -0.443 e. The summed E-state index contributed by atoms with van der Waals surface area (Å²) in [7, 11) is 0. The van der Waals surface area contributed by atoms with Crippen LogP contribution in [0.15, 0.2) is 9.64 Å². The second-order valence-electron chi connectivity index (χ2n) is 9.49. The van der Waals surface area contributed by atoms with E-state index in [2.05, 4.69) is 15.5 Å². The van der Waals surface area contributed by atoms with Crippen molar-refractivity contribution in [3.63, 3.8) is 0 Å². The van der Waals surface area contributed by atoms with Gasteiger partial charge in [-0.1, -0.05) is 44.9 Å². The summed E-state index contributed by atoms with van der Waals surface area (Å²) < 4.78 is 10.9. The highest BCUT2D eigenvalue weighted by molar-refractivity contribution is 7.99. The third-order valence-corrected chi connectivity index (χ3v) is 5.72. The molecule has 1 aliphatic rings. The first-order valence-electron chi connectivity index (χ1n) is 11.4. The summed E-state index contributed by atoms with van der Waals surface area (Å²) in [6, 6.07) is -0.383. The Labute approximate surface area is 194 Å². The second-order valence-corrected chi connectivity index (χ2v) is 10.5. The molecular formula is C22H36N4O5S. The van der Waals surface area contributed by atoms with Crippen molar-refractivity contribution in [1.29, 1.82) is 0 Å². The Bertz CT molecular complexity index is 769. The molecule has 1 fully saturated rings. The smallest absolute Gasteiger partial charge is 0.418 e. The zero-order valence-electron chi connectivity index (χ0n) is 19.8. The third-order valence-electron chi connectivity index (χ3n) is 4.93. The van der Waals surface area contributed by atoms with Gasteiger partial charge >= 0.3 is 12.1 Å². The van der Waals surface area contributed by atoms with Crippen LogP contribution in [0.4, 0.5) is 9.59 Å². The average Bonchev–Trinajstić information content (AvgIpc) is 3.17. The van der Waals surface area contributed by atoms with E-state index >= 15 is 0 Å². The fourth-order valence-corrected chi connectivity index (χ4v) is 3.91. The number of aromatic nitrogens is 2. The number of ether oxygens (including phenoxy) is 1. The summed E-state index contributed by atoms with van der Waals surface area (Å²) in [5, 5.41) is 10.9. The molecule has 0 bridgehead atoms. The van der Waals surface area contributed by atoms with Gasteiger partial charge in [0.25, 0.3) is 11.1 Å². The lowest BCUT2D eigenvalue weighted by atomic mass is 9.96. The maximum absolute atomic E-state index is 12.8. The maximum atomic E-state index is 12.8. The summed E-state index contributed by atoms with van der Waals surface area (Å²) in [5.41, 5.74) is -0.717. The van der Waals surface area contributed by atoms with E-state index in [0.717, 1.165) is 37.0 Å². The van der Waals surface area contributed by atoms with Crippen molar-refractivity contribution >= 4 is 29.7 Å². The zero-order chi connectivity index (χ0) is 23.7. The van der Waals surface area contributed by atoms with Crippen LogP contribution in [0.2, 0.25) is 0 Å². The third kappa shape index (κ3) is 9.18. The Hall–Kier alpha value is -2.10. The molecule has 2 rings (SSSR count). The van der Waals surface area contributed by atoms with Gasteiger partial charge in [-0.3, -0.25) is 4.79 Å². The molecule has 3 amide bonds. The Balaban J connectivity index is 1.93. The van der Waals surface area contributed by atoms with E-state index in [1.165, 1.54) is 18.2 Å². The van der Waals surface area contributed by atoms with Crippen molar-refractivity contribution in [1.82, 2.24) is 20.4 Å². The summed E-state index contributed by atoms with van der Waals surface area (Å²) in [5.74, 6) is 0.556. The molecular weight excluding hydrogens is 432 g/mol. The monoisotopic (exact) mass is 468 g/mol. The molecule has 1 aliphatic carbocycles. The fourth-order valence-electron chi connectivity index (χ4n) is 3.22. The quantitative estimate of drug-likeness (QED) is 0.395. The lowest BCUT2D eigenvalue weighted by Gasteiger charge is -2.29. The molecule has 32 heavy (non-hydrogen) atoms. The number of rotatable bonds is 9. The number of ketones is 1. The number of hydrogen-bond donors (Lipinski definition) is 1. The zero-order valence-corrected chi connectivity index (χ0v) is 20.6. The summed E-state index contributed by atoms with van der Waals surface area (Å²) in [6.45, 7) is 9.47. The number of hydrogen-bond acceptors (Lipinski definition) is 8. The average molecular weight is 469 g/mol. The van der Waals surface area contributed by atoms with Crippen LogP contribution in [-0.2, 0) is 4.74 Å². The van der Waals surface area contributed by atoms with Crippen LogP contribution in [0, 0.1) is 5.92 Å². The molecule has 1 aromatic heterocycles.